The molecule has 1 aliphatic heterocycles. The molecule has 204 valence electrons. The molecule has 1 saturated heterocycles. The van der Waals surface area contributed by atoms with E-state index in [9.17, 15) is 45.4 Å². The summed E-state index contributed by atoms with van der Waals surface area (Å²) in [5.41, 5.74) is -2.98. The van der Waals surface area contributed by atoms with Crippen LogP contribution in [0.1, 0.15) is 65.3 Å². The Morgan fingerprint density at radius 3 is 2.39 bits per heavy atom. The van der Waals surface area contributed by atoms with Crippen LogP contribution in [0.5, 0.6) is 0 Å². The molecular weight excluding hydrogens is 523 g/mol. The predicted octanol–water partition coefficient (Wildman–Crippen LogP) is 4.55. The number of nitrogens with zero attached hydrogens (tertiary/aromatic N) is 2. The summed E-state index contributed by atoms with van der Waals surface area (Å²) in [6.07, 6.45) is -6.70. The lowest BCUT2D eigenvalue weighted by molar-refractivity contribution is -0.140. The second-order valence-corrected chi connectivity index (χ2v) is 10.0. The molecule has 2 amide bonds. The van der Waals surface area contributed by atoms with E-state index >= 15 is 0 Å². The molecule has 3 aliphatic rings. The van der Waals surface area contributed by atoms with Crippen molar-refractivity contribution in [1.82, 2.24) is 15.2 Å². The van der Waals surface area contributed by atoms with E-state index in [0.29, 0.717) is 12.5 Å². The smallest absolute Gasteiger partial charge is 0.393 e. The molecule has 2 aromatic rings. The van der Waals surface area contributed by atoms with E-state index in [0.717, 1.165) is 12.3 Å². The molecule has 2 aliphatic carbocycles. The Kier molecular flexibility index (Phi) is 6.60. The van der Waals surface area contributed by atoms with Crippen LogP contribution in [0.25, 0.3) is 0 Å². The molecule has 4 atom stereocenters. The van der Waals surface area contributed by atoms with Crippen LogP contribution in [0.2, 0.25) is 0 Å². The Hall–Kier alpha value is -3.22. The van der Waals surface area contributed by atoms with Gasteiger partial charge in [0, 0.05) is 23.4 Å². The first kappa shape index (κ1) is 26.4. The fourth-order valence-electron chi connectivity index (χ4n) is 5.45. The number of aliphatic hydroxyl groups is 1. The number of likely N-dealkylation sites (tertiary alicyclic amines) is 1. The van der Waals surface area contributed by atoms with Gasteiger partial charge in [-0.2, -0.15) is 13.2 Å². The van der Waals surface area contributed by atoms with Crippen molar-refractivity contribution in [3.8, 4) is 0 Å². The molecule has 13 heteroatoms. The van der Waals surface area contributed by atoms with E-state index in [1.54, 1.807) is 0 Å². The SMILES string of the molecule is O=C(N[C@@H](c1cc(F)c(C(F)(F)F)cc1F)[C@H]1C[C@H](O)C1)[C@H]1C[C@H]2C[C@H]2N1C(=O)c1ccnc(C(F)F)c1. The van der Waals surface area contributed by atoms with Gasteiger partial charge in [0.2, 0.25) is 5.91 Å². The predicted molar refractivity (Wildman–Crippen MR) is 117 cm³/mol. The molecular formula is C25H22F7N3O3. The average molecular weight is 545 g/mol. The van der Waals surface area contributed by atoms with E-state index in [1.807, 2.05) is 0 Å². The lowest BCUT2D eigenvalue weighted by Gasteiger charge is -2.39. The minimum Gasteiger partial charge on any atom is -0.393 e. The van der Waals surface area contributed by atoms with Gasteiger partial charge in [-0.05, 0) is 61.8 Å². The molecule has 0 radical (unpaired) electrons. The van der Waals surface area contributed by atoms with E-state index in [-0.39, 0.29) is 42.9 Å². The van der Waals surface area contributed by atoms with Crippen molar-refractivity contribution in [1.29, 1.82) is 0 Å². The number of carbonyl (C=O) groups is 2. The number of carbonyl (C=O) groups excluding carboxylic acids is 2. The number of fused-ring (bicyclic) bond motifs is 1. The first-order chi connectivity index (χ1) is 17.8. The number of pyridine rings is 1. The zero-order valence-corrected chi connectivity index (χ0v) is 19.6. The highest BCUT2D eigenvalue weighted by molar-refractivity contribution is 5.98. The Morgan fingerprint density at radius 1 is 1.05 bits per heavy atom. The number of halogens is 7. The molecule has 2 N–H and O–H groups in total. The molecule has 1 aromatic carbocycles. The van der Waals surface area contributed by atoms with Crippen molar-refractivity contribution in [2.24, 2.45) is 11.8 Å². The zero-order valence-electron chi connectivity index (χ0n) is 19.6. The molecule has 2 heterocycles. The minimum absolute atomic E-state index is 0.00432. The number of benzene rings is 1. The number of alkyl halides is 5. The number of hydrogen-bond acceptors (Lipinski definition) is 4. The van der Waals surface area contributed by atoms with Gasteiger partial charge < -0.3 is 15.3 Å². The summed E-state index contributed by atoms with van der Waals surface area (Å²) in [5.74, 6) is -5.08. The van der Waals surface area contributed by atoms with Crippen molar-refractivity contribution in [3.05, 3.63) is 64.5 Å². The topological polar surface area (TPSA) is 82.5 Å². The number of nitrogens with one attached hydrogen (secondary N) is 1. The second kappa shape index (κ2) is 9.51. The fraction of sp³-hybridized carbons (Fsp3) is 0.480. The van der Waals surface area contributed by atoms with Crippen LogP contribution in [-0.2, 0) is 11.0 Å². The molecule has 5 rings (SSSR count). The minimum atomic E-state index is -5.13. The molecule has 6 nitrogen and oxygen atoms in total. The first-order valence-electron chi connectivity index (χ1n) is 12.0. The maximum Gasteiger partial charge on any atom is 0.419 e. The van der Waals surface area contributed by atoms with E-state index in [1.165, 1.54) is 11.0 Å². The van der Waals surface area contributed by atoms with Gasteiger partial charge in [0.15, 0.2) is 0 Å². The Morgan fingerprint density at radius 2 is 1.76 bits per heavy atom. The average Bonchev–Trinajstić information content (AvgIpc) is 3.50. The van der Waals surface area contributed by atoms with E-state index in [2.05, 4.69) is 10.3 Å². The molecule has 2 saturated carbocycles. The quantitative estimate of drug-likeness (QED) is 0.522. The molecule has 38 heavy (non-hydrogen) atoms. The van der Waals surface area contributed by atoms with Crippen LogP contribution in [0.4, 0.5) is 30.7 Å². The monoisotopic (exact) mass is 545 g/mol. The Bertz CT molecular complexity index is 1270. The van der Waals surface area contributed by atoms with Gasteiger partial charge in [0.25, 0.3) is 12.3 Å². The summed E-state index contributed by atoms with van der Waals surface area (Å²) in [4.78, 5) is 31.4. The summed E-state index contributed by atoms with van der Waals surface area (Å²) < 4.78 is 94.5. The van der Waals surface area contributed by atoms with Crippen molar-refractivity contribution in [3.63, 3.8) is 0 Å². The van der Waals surface area contributed by atoms with Crippen molar-refractivity contribution in [2.45, 2.75) is 62.5 Å². The summed E-state index contributed by atoms with van der Waals surface area (Å²) in [7, 11) is 0. The third-order valence-electron chi connectivity index (χ3n) is 7.54. The van der Waals surface area contributed by atoms with Gasteiger partial charge >= 0.3 is 6.18 Å². The van der Waals surface area contributed by atoms with Crippen LogP contribution in [0.3, 0.4) is 0 Å². The lowest BCUT2D eigenvalue weighted by Crippen LogP contribution is -2.51. The van der Waals surface area contributed by atoms with Gasteiger partial charge in [0.1, 0.15) is 23.4 Å². The van der Waals surface area contributed by atoms with E-state index in [4.69, 9.17) is 0 Å². The molecule has 3 fully saturated rings. The summed E-state index contributed by atoms with van der Waals surface area (Å²) in [6.45, 7) is 0. The van der Waals surface area contributed by atoms with Gasteiger partial charge in [-0.1, -0.05) is 0 Å². The largest absolute Gasteiger partial charge is 0.419 e. The highest BCUT2D eigenvalue weighted by Gasteiger charge is 2.56. The van der Waals surface area contributed by atoms with Crippen molar-refractivity contribution < 1.29 is 45.4 Å². The third-order valence-corrected chi connectivity index (χ3v) is 7.54. The number of amides is 2. The highest BCUT2D eigenvalue weighted by atomic mass is 19.4. The maximum atomic E-state index is 14.8. The number of hydrogen-bond donors (Lipinski definition) is 2. The van der Waals surface area contributed by atoms with E-state index < -0.39 is 77.0 Å². The number of aliphatic hydroxyl groups excluding tert-OH is 1. The molecule has 0 unspecified atom stereocenters. The van der Waals surface area contributed by atoms with Crippen LogP contribution >= 0.6 is 0 Å². The normalized spacial score (nSPS) is 27.1. The number of piperidine rings is 1. The first-order valence-corrected chi connectivity index (χ1v) is 12.0. The van der Waals surface area contributed by atoms with Crippen LogP contribution < -0.4 is 5.32 Å². The van der Waals surface area contributed by atoms with Gasteiger partial charge in [-0.15, -0.1) is 0 Å². The standard InChI is InChI=1S/C25H22F7N3O3/c26-16-9-15(25(30,31)32)17(27)8-14(16)21(12-3-13(36)4-12)34-23(37)20-7-11-6-19(11)35(20)24(38)10-1-2-33-18(5-10)22(28)29/h1-2,5,8-9,11-13,19-22,36H,3-4,6-7H2,(H,34,37)/t11-,12-,13-,19-,20-,21-/m1/s1. The van der Waals surface area contributed by atoms with Gasteiger partial charge in [0.05, 0.1) is 17.7 Å². The lowest BCUT2D eigenvalue weighted by atomic mass is 9.74. The van der Waals surface area contributed by atoms with Crippen molar-refractivity contribution in [2.75, 3.05) is 0 Å². The highest BCUT2D eigenvalue weighted by Crippen LogP contribution is 2.49. The molecule has 1 aromatic heterocycles. The number of rotatable bonds is 6. The molecule has 0 spiro atoms. The molecule has 0 bridgehead atoms. The van der Waals surface area contributed by atoms with Crippen LogP contribution in [0.15, 0.2) is 30.5 Å². The zero-order chi connectivity index (χ0) is 27.5. The fourth-order valence-corrected chi connectivity index (χ4v) is 5.45. The number of aromatic nitrogens is 1. The van der Waals surface area contributed by atoms with Gasteiger partial charge in [-0.25, -0.2) is 17.6 Å². The maximum absolute atomic E-state index is 14.8. The second-order valence-electron chi connectivity index (χ2n) is 10.0. The summed E-state index contributed by atoms with van der Waals surface area (Å²) >= 11 is 0. The third kappa shape index (κ3) is 4.83. The summed E-state index contributed by atoms with van der Waals surface area (Å²) in [5, 5.41) is 12.3. The van der Waals surface area contributed by atoms with Crippen LogP contribution in [0, 0.1) is 23.5 Å². The van der Waals surface area contributed by atoms with Crippen LogP contribution in [-0.4, -0.2) is 45.0 Å². The van der Waals surface area contributed by atoms with Crippen molar-refractivity contribution >= 4 is 11.8 Å². The van der Waals surface area contributed by atoms with Gasteiger partial charge in [-0.3, -0.25) is 14.6 Å². The summed E-state index contributed by atoms with van der Waals surface area (Å²) in [6, 6.07) is 0.00157. The Balaban J connectivity index is 1.41. The Labute approximate surface area is 211 Å².